The molecule has 0 unspecified atom stereocenters. The van der Waals surface area contributed by atoms with Crippen molar-refractivity contribution in [1.82, 2.24) is 0 Å². The molecule has 4 heteroatoms. The molecule has 4 nitrogen and oxygen atoms in total. The fourth-order valence-corrected chi connectivity index (χ4v) is 14.2. The first kappa shape index (κ1) is 56.7. The summed E-state index contributed by atoms with van der Waals surface area (Å²) in [6.45, 7) is 32.3. The maximum absolute atomic E-state index is 7.44. The summed E-state index contributed by atoms with van der Waals surface area (Å²) in [6, 6.07) is 77.6. The van der Waals surface area contributed by atoms with E-state index in [1.165, 1.54) is 76.8 Å². The number of rotatable bonds is 12. The first-order valence-corrected chi connectivity index (χ1v) is 31.9. The van der Waals surface area contributed by atoms with Crippen molar-refractivity contribution in [1.29, 1.82) is 0 Å². The first-order chi connectivity index (χ1) is 42.3. The summed E-state index contributed by atoms with van der Waals surface area (Å²) in [6.07, 6.45) is 0. The van der Waals surface area contributed by atoms with Crippen molar-refractivity contribution in [2.45, 2.75) is 131 Å². The molecular weight excluding hydrogens is 1070 g/mol. The number of hydrogen-bond donors (Lipinski definition) is 0. The number of nitrogens with zero attached hydrogens (tertiary/aromatic N) is 2. The van der Waals surface area contributed by atoms with Gasteiger partial charge in [0.05, 0.1) is 22.7 Å². The number of para-hydroxylation sites is 4. The van der Waals surface area contributed by atoms with E-state index < -0.39 is 0 Å². The summed E-state index contributed by atoms with van der Waals surface area (Å²) < 4.78 is 14.9. The van der Waals surface area contributed by atoms with Crippen LogP contribution in [0.5, 0.6) is 0 Å². The second-order valence-corrected chi connectivity index (χ2v) is 28.0. The van der Waals surface area contributed by atoms with Crippen LogP contribution in [0.4, 0.5) is 34.1 Å². The Hall–Kier alpha value is -9.12. The van der Waals surface area contributed by atoms with Crippen molar-refractivity contribution in [2.75, 3.05) is 9.80 Å². The number of anilines is 6. The highest BCUT2D eigenvalue weighted by Gasteiger charge is 2.30. The minimum atomic E-state index is -0.0322. The molecule has 438 valence electrons. The minimum absolute atomic E-state index is 0.0322. The lowest BCUT2D eigenvalue weighted by molar-refractivity contribution is 0.590. The monoisotopic (exact) mass is 1150 g/mol. The van der Waals surface area contributed by atoms with Crippen molar-refractivity contribution in [3.05, 3.63) is 240 Å². The van der Waals surface area contributed by atoms with Crippen LogP contribution >= 0.6 is 0 Å². The fraction of sp³-hybridized carbons (Fsp3) is 0.238. The third kappa shape index (κ3) is 9.24. The molecule has 88 heavy (non-hydrogen) atoms. The number of fused-ring (bicyclic) bond motifs is 6. The summed E-state index contributed by atoms with van der Waals surface area (Å²) in [7, 11) is 0. The van der Waals surface area contributed by atoms with Crippen molar-refractivity contribution in [2.24, 2.45) is 0 Å². The first-order valence-electron chi connectivity index (χ1n) is 31.9. The number of hydrogen-bond acceptors (Lipinski definition) is 4. The van der Waals surface area contributed by atoms with Crippen molar-refractivity contribution in [3.63, 3.8) is 0 Å². The van der Waals surface area contributed by atoms with E-state index in [0.717, 1.165) is 89.1 Å². The molecule has 0 atom stereocenters. The van der Waals surface area contributed by atoms with Gasteiger partial charge >= 0.3 is 0 Å². The third-order valence-electron chi connectivity index (χ3n) is 18.9. The number of furan rings is 2. The predicted octanol–water partition coefficient (Wildman–Crippen LogP) is 25.7. The van der Waals surface area contributed by atoms with Crippen molar-refractivity contribution >= 4 is 110 Å². The average molecular weight is 1150 g/mol. The topological polar surface area (TPSA) is 32.8 Å². The highest BCUT2D eigenvalue weighted by Crippen LogP contribution is 2.54. The molecular formula is C84H80N2O2. The van der Waals surface area contributed by atoms with E-state index in [9.17, 15) is 0 Å². The molecule has 0 aliphatic carbocycles. The maximum atomic E-state index is 7.44. The summed E-state index contributed by atoms with van der Waals surface area (Å²) >= 11 is 0. The number of benzene rings is 12. The van der Waals surface area contributed by atoms with Gasteiger partial charge in [-0.25, -0.2) is 0 Å². The standard InChI is InChI=1S/C84H80N2O2/c1-49(2)57-23-15-17-25-59(57)63-27-19-29-65-67-31-21-33-73(81(67)87-79(63)65)85(55-39-35-53(36-40-55)83(9,10)11)75-47-71(51(5)6)61-44-46-70-76(48-72(52(7)8)62-43-45-69(75)77(61)78(62)70)86(56-41-37-54(38-42-56)84(12,13)14)74-34-22-32-68-66-30-20-28-64(80(66)88-82(68)74)60-26-18-16-24-58(60)50(3)4/h15-52H,1-14H3. The molecule has 0 aliphatic rings. The van der Waals surface area contributed by atoms with E-state index in [-0.39, 0.29) is 22.7 Å². The molecule has 0 saturated heterocycles. The Labute approximate surface area is 519 Å². The van der Waals surface area contributed by atoms with Crippen LogP contribution < -0.4 is 9.80 Å². The van der Waals surface area contributed by atoms with Gasteiger partial charge in [-0.3, -0.25) is 0 Å². The second kappa shape index (κ2) is 21.3. The Morgan fingerprint density at radius 3 is 0.943 bits per heavy atom. The smallest absolute Gasteiger partial charge is 0.159 e. The molecule has 0 fully saturated rings. The lowest BCUT2D eigenvalue weighted by Gasteiger charge is -2.32. The van der Waals surface area contributed by atoms with E-state index in [2.05, 4.69) is 313 Å². The van der Waals surface area contributed by atoms with Crippen LogP contribution in [0.3, 0.4) is 0 Å². The molecule has 14 rings (SSSR count). The molecule has 0 saturated carbocycles. The lowest BCUT2D eigenvalue weighted by atomic mass is 9.83. The molecule has 0 radical (unpaired) electrons. The van der Waals surface area contributed by atoms with Crippen LogP contribution in [-0.2, 0) is 10.8 Å². The van der Waals surface area contributed by atoms with Crippen LogP contribution in [0.1, 0.15) is 154 Å². The van der Waals surface area contributed by atoms with E-state index in [1.54, 1.807) is 0 Å². The molecule has 14 aromatic rings. The highest BCUT2D eigenvalue weighted by molar-refractivity contribution is 6.30. The van der Waals surface area contributed by atoms with Gasteiger partial charge in [-0.2, -0.15) is 0 Å². The maximum Gasteiger partial charge on any atom is 0.159 e. The Morgan fingerprint density at radius 2 is 0.591 bits per heavy atom. The van der Waals surface area contributed by atoms with Gasteiger partial charge in [-0.05, 0) is 149 Å². The highest BCUT2D eigenvalue weighted by atomic mass is 16.3. The van der Waals surface area contributed by atoms with Gasteiger partial charge in [-0.15, -0.1) is 0 Å². The van der Waals surface area contributed by atoms with E-state index >= 15 is 0 Å². The molecule has 12 aromatic carbocycles. The molecule has 2 aromatic heterocycles. The van der Waals surface area contributed by atoms with Crippen LogP contribution in [-0.4, -0.2) is 0 Å². The van der Waals surface area contributed by atoms with Gasteiger partial charge in [0.1, 0.15) is 11.2 Å². The van der Waals surface area contributed by atoms with E-state index in [0.29, 0.717) is 11.8 Å². The zero-order valence-corrected chi connectivity index (χ0v) is 53.7. The Morgan fingerprint density at radius 1 is 0.273 bits per heavy atom. The normalized spacial score (nSPS) is 12.6. The molecule has 0 bridgehead atoms. The Bertz CT molecular complexity index is 4680. The van der Waals surface area contributed by atoms with E-state index in [1.807, 2.05) is 0 Å². The zero-order valence-electron chi connectivity index (χ0n) is 53.7. The third-order valence-corrected chi connectivity index (χ3v) is 18.9. The Kier molecular flexibility index (Phi) is 13.7. The Balaban J connectivity index is 1.07. The van der Waals surface area contributed by atoms with E-state index in [4.69, 9.17) is 8.83 Å². The van der Waals surface area contributed by atoms with Gasteiger partial charge in [0.2, 0.25) is 0 Å². The van der Waals surface area contributed by atoms with Gasteiger partial charge < -0.3 is 18.6 Å². The van der Waals surface area contributed by atoms with Gasteiger partial charge in [0.15, 0.2) is 11.2 Å². The average Bonchev–Trinajstić information content (AvgIpc) is 0.784. The van der Waals surface area contributed by atoms with Crippen molar-refractivity contribution in [3.8, 4) is 22.3 Å². The van der Waals surface area contributed by atoms with Gasteiger partial charge in [0, 0.05) is 54.8 Å². The van der Waals surface area contributed by atoms with Crippen LogP contribution in [0.2, 0.25) is 0 Å². The quantitative estimate of drug-likeness (QED) is 0.114. The predicted molar refractivity (Wildman–Crippen MR) is 379 cm³/mol. The summed E-state index contributed by atoms with van der Waals surface area (Å²) in [5.41, 5.74) is 22.2. The van der Waals surface area contributed by atoms with Crippen LogP contribution in [0.15, 0.2) is 215 Å². The second-order valence-electron chi connectivity index (χ2n) is 28.0. The lowest BCUT2D eigenvalue weighted by Crippen LogP contribution is -2.15. The molecule has 0 N–H and O–H groups in total. The molecule has 0 spiro atoms. The summed E-state index contributed by atoms with van der Waals surface area (Å²) in [5.74, 6) is 1.08. The summed E-state index contributed by atoms with van der Waals surface area (Å²) in [5, 5.41) is 11.8. The molecule has 2 heterocycles. The van der Waals surface area contributed by atoms with Gasteiger partial charge in [-0.1, -0.05) is 255 Å². The van der Waals surface area contributed by atoms with Crippen LogP contribution in [0.25, 0.3) is 98.4 Å². The summed E-state index contributed by atoms with van der Waals surface area (Å²) in [4.78, 5) is 5.00. The fourth-order valence-electron chi connectivity index (χ4n) is 14.2. The minimum Gasteiger partial charge on any atom is -0.453 e. The SMILES string of the molecule is CC(C)c1ccccc1-c1cccc2c1oc1c(N(c3ccc(C(C)(C)C)cc3)c3cc(C(C)C)c4ccc5c(N(c6ccc(C(C)(C)C)cc6)c6cccc7c6oc6c(-c8ccccc8C(C)C)cccc67)cc(C(C)C)c6ccc3c4c65)cccc12. The van der Waals surface area contributed by atoms with Gasteiger partial charge in [0.25, 0.3) is 0 Å². The molecule has 0 aliphatic heterocycles. The molecule has 0 amide bonds. The van der Waals surface area contributed by atoms with Crippen molar-refractivity contribution < 1.29 is 8.83 Å². The largest absolute Gasteiger partial charge is 0.453 e. The van der Waals surface area contributed by atoms with Crippen LogP contribution in [0, 0.1) is 0 Å². The zero-order chi connectivity index (χ0) is 61.2.